The molecule has 1 fully saturated rings. The van der Waals surface area contributed by atoms with Crippen LogP contribution in [0.2, 0.25) is 0 Å². The van der Waals surface area contributed by atoms with E-state index in [0.29, 0.717) is 17.4 Å². The summed E-state index contributed by atoms with van der Waals surface area (Å²) in [6.07, 6.45) is 1.00. The molecule has 8 nitrogen and oxygen atoms in total. The molecule has 2 aliphatic rings. The van der Waals surface area contributed by atoms with Crippen LogP contribution in [-0.4, -0.2) is 74.2 Å². The third-order valence-corrected chi connectivity index (χ3v) is 7.19. The number of hydrogen-bond donors (Lipinski definition) is 1. The minimum atomic E-state index is -0.0420. The summed E-state index contributed by atoms with van der Waals surface area (Å²) in [7, 11) is 3.24. The number of rotatable bonds is 8. The maximum atomic E-state index is 12.7. The lowest BCUT2D eigenvalue weighted by atomic mass is 10.1. The molecule has 0 radical (unpaired) electrons. The smallest absolute Gasteiger partial charge is 0.240 e. The van der Waals surface area contributed by atoms with E-state index in [1.807, 2.05) is 23.6 Å². The maximum absolute atomic E-state index is 12.7. The van der Waals surface area contributed by atoms with E-state index < -0.39 is 0 Å². The molecule has 0 aliphatic carbocycles. The summed E-state index contributed by atoms with van der Waals surface area (Å²) in [4.78, 5) is 21.9. The Morgan fingerprint density at radius 3 is 2.71 bits per heavy atom. The number of carbonyl (C=O) groups excluding carboxylic acids is 1. The summed E-state index contributed by atoms with van der Waals surface area (Å²) < 4.78 is 16.4. The van der Waals surface area contributed by atoms with Crippen molar-refractivity contribution in [3.05, 3.63) is 52.9 Å². The summed E-state index contributed by atoms with van der Waals surface area (Å²) in [5.74, 6) is 2.38. The number of thiazole rings is 1. The van der Waals surface area contributed by atoms with Crippen molar-refractivity contribution in [2.24, 2.45) is 0 Å². The molecule has 2 aromatic carbocycles. The van der Waals surface area contributed by atoms with Gasteiger partial charge in [-0.15, -0.1) is 11.3 Å². The number of piperazine rings is 1. The number of fused-ring (bicyclic) bond motifs is 1. The molecule has 0 bridgehead atoms. The van der Waals surface area contributed by atoms with E-state index in [0.717, 1.165) is 68.5 Å². The average molecular weight is 495 g/mol. The highest BCUT2D eigenvalue weighted by atomic mass is 32.1. The minimum absolute atomic E-state index is 0.0420. The van der Waals surface area contributed by atoms with Gasteiger partial charge in [0.05, 0.1) is 33.1 Å². The van der Waals surface area contributed by atoms with Crippen LogP contribution in [0.3, 0.4) is 0 Å². The van der Waals surface area contributed by atoms with Crippen LogP contribution >= 0.6 is 11.3 Å². The lowest BCUT2D eigenvalue weighted by molar-refractivity contribution is -0.117. The van der Waals surface area contributed by atoms with Crippen molar-refractivity contribution in [1.82, 2.24) is 14.8 Å². The number of methoxy groups -OCH3 is 2. The van der Waals surface area contributed by atoms with Gasteiger partial charge in [0.25, 0.3) is 0 Å². The monoisotopic (exact) mass is 494 g/mol. The van der Waals surface area contributed by atoms with E-state index in [2.05, 4.69) is 38.3 Å². The van der Waals surface area contributed by atoms with E-state index in [1.54, 1.807) is 14.2 Å². The normalized spacial score (nSPS) is 15.9. The Morgan fingerprint density at radius 1 is 1.09 bits per heavy atom. The predicted molar refractivity (Wildman–Crippen MR) is 137 cm³/mol. The first-order valence-corrected chi connectivity index (χ1v) is 12.7. The van der Waals surface area contributed by atoms with Gasteiger partial charge in [0, 0.05) is 56.2 Å². The van der Waals surface area contributed by atoms with E-state index in [9.17, 15) is 4.79 Å². The van der Waals surface area contributed by atoms with Gasteiger partial charge in [-0.1, -0.05) is 12.1 Å². The first kappa shape index (κ1) is 23.6. The molecule has 5 rings (SSSR count). The van der Waals surface area contributed by atoms with Gasteiger partial charge in [0.15, 0.2) is 5.13 Å². The van der Waals surface area contributed by atoms with Crippen molar-refractivity contribution >= 4 is 22.4 Å². The second kappa shape index (κ2) is 10.6. The van der Waals surface area contributed by atoms with Crippen LogP contribution in [0.4, 0.5) is 5.13 Å². The highest BCUT2D eigenvalue weighted by Gasteiger charge is 2.21. The van der Waals surface area contributed by atoms with E-state index in [1.165, 1.54) is 22.5 Å². The van der Waals surface area contributed by atoms with Crippen LogP contribution < -0.4 is 19.5 Å². The van der Waals surface area contributed by atoms with Crippen LogP contribution in [0.5, 0.6) is 17.2 Å². The number of anilines is 1. The number of nitrogens with one attached hydrogen (secondary N) is 1. The molecule has 1 saturated heterocycles. The molecule has 3 aromatic rings. The average Bonchev–Trinajstić information content (AvgIpc) is 3.54. The molecule has 0 atom stereocenters. The highest BCUT2D eigenvalue weighted by Crippen LogP contribution is 2.35. The van der Waals surface area contributed by atoms with Gasteiger partial charge < -0.3 is 19.5 Å². The molecule has 3 heterocycles. The lowest BCUT2D eigenvalue weighted by Gasteiger charge is -2.34. The summed E-state index contributed by atoms with van der Waals surface area (Å²) in [6, 6.07) is 12.1. The van der Waals surface area contributed by atoms with Crippen LogP contribution in [0.25, 0.3) is 11.3 Å². The second-order valence-corrected chi connectivity index (χ2v) is 9.60. The predicted octanol–water partition coefficient (Wildman–Crippen LogP) is 3.52. The Bertz CT molecular complexity index is 1190. The Labute approximate surface area is 209 Å². The minimum Gasteiger partial charge on any atom is -0.497 e. The zero-order valence-electron chi connectivity index (χ0n) is 20.1. The second-order valence-electron chi connectivity index (χ2n) is 8.75. The van der Waals surface area contributed by atoms with E-state index >= 15 is 0 Å². The first-order valence-electron chi connectivity index (χ1n) is 11.8. The van der Waals surface area contributed by atoms with Crippen molar-refractivity contribution in [1.29, 1.82) is 0 Å². The fourth-order valence-electron chi connectivity index (χ4n) is 4.53. The molecule has 1 aromatic heterocycles. The Balaban J connectivity index is 1.11. The van der Waals surface area contributed by atoms with Crippen LogP contribution in [0.15, 0.2) is 41.8 Å². The zero-order valence-corrected chi connectivity index (χ0v) is 20.9. The molecule has 0 unspecified atom stereocenters. The number of nitrogens with zero attached hydrogens (tertiary/aromatic N) is 3. The third-order valence-electron chi connectivity index (χ3n) is 6.43. The van der Waals surface area contributed by atoms with Gasteiger partial charge in [0.2, 0.25) is 5.91 Å². The third kappa shape index (κ3) is 5.58. The van der Waals surface area contributed by atoms with Crippen LogP contribution in [-0.2, 0) is 17.8 Å². The number of ether oxygens (including phenoxy) is 3. The van der Waals surface area contributed by atoms with Crippen molar-refractivity contribution in [3.63, 3.8) is 0 Å². The highest BCUT2D eigenvalue weighted by molar-refractivity contribution is 7.14. The molecular weight excluding hydrogens is 464 g/mol. The fraction of sp³-hybridized carbons (Fsp3) is 0.385. The lowest BCUT2D eigenvalue weighted by Crippen LogP contribution is -2.48. The van der Waals surface area contributed by atoms with Gasteiger partial charge in [-0.25, -0.2) is 4.98 Å². The fourth-order valence-corrected chi connectivity index (χ4v) is 5.26. The van der Waals surface area contributed by atoms with Crippen LogP contribution in [0.1, 0.15) is 11.1 Å². The van der Waals surface area contributed by atoms with Crippen LogP contribution in [0, 0.1) is 0 Å². The zero-order chi connectivity index (χ0) is 24.2. The first-order chi connectivity index (χ1) is 17.1. The van der Waals surface area contributed by atoms with Crippen molar-refractivity contribution < 1.29 is 19.0 Å². The number of carbonyl (C=O) groups is 1. The maximum Gasteiger partial charge on any atom is 0.240 e. The standard InChI is InChI=1S/C26H30N4O4S/c1-32-20-4-5-21(24(14-20)33-2)22-17-35-26(27-22)28-25(31)16-30-10-8-29(9-11-30)15-18-3-6-23-19(13-18)7-12-34-23/h3-6,13-14,17H,7-12,15-16H2,1-2H3,(H,27,28,31). The Morgan fingerprint density at radius 2 is 1.91 bits per heavy atom. The molecular formula is C26H30N4O4S. The van der Waals surface area contributed by atoms with Gasteiger partial charge in [0.1, 0.15) is 17.2 Å². The number of benzene rings is 2. The summed E-state index contributed by atoms with van der Waals surface area (Å²) in [5.41, 5.74) is 4.26. The molecule has 0 saturated carbocycles. The van der Waals surface area contributed by atoms with Gasteiger partial charge >= 0.3 is 0 Å². The molecule has 9 heteroatoms. The van der Waals surface area contributed by atoms with Gasteiger partial charge in [-0.2, -0.15) is 0 Å². The van der Waals surface area contributed by atoms with E-state index in [-0.39, 0.29) is 5.91 Å². The van der Waals surface area contributed by atoms with Gasteiger partial charge in [-0.3, -0.25) is 14.6 Å². The number of amides is 1. The summed E-state index contributed by atoms with van der Waals surface area (Å²) in [5, 5.41) is 5.46. The molecule has 2 aliphatic heterocycles. The van der Waals surface area contributed by atoms with E-state index in [4.69, 9.17) is 14.2 Å². The van der Waals surface area contributed by atoms with Crippen molar-refractivity contribution in [3.8, 4) is 28.5 Å². The Hall–Kier alpha value is -3.14. The molecule has 184 valence electrons. The summed E-state index contributed by atoms with van der Waals surface area (Å²) >= 11 is 1.41. The molecule has 0 spiro atoms. The molecule has 1 amide bonds. The molecule has 1 N–H and O–H groups in total. The Kier molecular flexibility index (Phi) is 7.17. The molecule has 35 heavy (non-hydrogen) atoms. The largest absolute Gasteiger partial charge is 0.497 e. The van der Waals surface area contributed by atoms with Crippen molar-refractivity contribution in [2.45, 2.75) is 13.0 Å². The SMILES string of the molecule is COc1ccc(-c2csc(NC(=O)CN3CCN(Cc4ccc5c(c4)CCO5)CC3)n2)c(OC)c1. The number of hydrogen-bond acceptors (Lipinski definition) is 8. The number of aromatic nitrogens is 1. The van der Waals surface area contributed by atoms with Crippen molar-refractivity contribution in [2.75, 3.05) is 58.9 Å². The van der Waals surface area contributed by atoms with Gasteiger partial charge in [-0.05, 0) is 29.3 Å². The topological polar surface area (TPSA) is 76.2 Å². The quantitative estimate of drug-likeness (QED) is 0.514. The summed E-state index contributed by atoms with van der Waals surface area (Å²) in [6.45, 7) is 5.71.